The van der Waals surface area contributed by atoms with Gasteiger partial charge in [0.15, 0.2) is 0 Å². The van der Waals surface area contributed by atoms with Crippen LogP contribution in [0, 0.1) is 0 Å². The van der Waals surface area contributed by atoms with Crippen LogP contribution in [0.4, 0.5) is 0 Å². The van der Waals surface area contributed by atoms with E-state index in [-0.39, 0.29) is 80.9 Å². The normalized spacial score (nSPS) is 10.8. The van der Waals surface area contributed by atoms with Gasteiger partial charge in [-0.2, -0.15) is 0 Å². The fourth-order valence-electron chi connectivity index (χ4n) is 0. The Morgan fingerprint density at radius 2 is 1.27 bits per heavy atom. The van der Waals surface area contributed by atoms with E-state index in [2.05, 4.69) is 0 Å². The monoisotopic (exact) mass is 310 g/mol. The zero-order chi connectivity index (χ0) is 8.08. The SMILES string of the molecule is O=[Se]([O-])O.[K+].[Na+].[O]=[Mn](=[O])(=[O])[O-]. The van der Waals surface area contributed by atoms with Gasteiger partial charge in [0.25, 0.3) is 0 Å². The predicted molar refractivity (Wildman–Crippen MR) is 10.7 cm³/mol. The maximum absolute atomic E-state index is 8.65. The van der Waals surface area contributed by atoms with E-state index < -0.39 is 27.5 Å². The van der Waals surface area contributed by atoms with Crippen LogP contribution in [0.3, 0.4) is 0 Å². The van der Waals surface area contributed by atoms with Crippen molar-refractivity contribution in [2.24, 2.45) is 0 Å². The molecule has 0 heterocycles. The Bertz CT molecular complexity index is 204. The Kier molecular flexibility index (Phi) is 27.3. The molecule has 58 valence electrons. The van der Waals surface area contributed by atoms with Gasteiger partial charge >= 0.3 is 136 Å². The molecule has 0 rings (SSSR count). The summed E-state index contributed by atoms with van der Waals surface area (Å²) in [5, 5.41) is 0. The van der Waals surface area contributed by atoms with Crippen molar-refractivity contribution in [1.29, 1.82) is 0 Å². The first-order valence-corrected chi connectivity index (χ1v) is 5.23. The topological polar surface area (TPSA) is 135 Å². The molecule has 0 aliphatic rings. The van der Waals surface area contributed by atoms with E-state index in [1.54, 1.807) is 0 Å². The fourth-order valence-corrected chi connectivity index (χ4v) is 0. The second-order valence-electron chi connectivity index (χ2n) is 0.595. The van der Waals surface area contributed by atoms with Crippen LogP contribution in [0.2, 0.25) is 0 Å². The summed E-state index contributed by atoms with van der Waals surface area (Å²) in [7, 11) is 0. The quantitative estimate of drug-likeness (QED) is 0.439. The molecule has 11 heteroatoms. The molecule has 1 atom stereocenters. The average Bonchev–Trinajstić information content (AvgIpc) is 1.19. The first-order valence-electron chi connectivity index (χ1n) is 1.13. The molecule has 0 aliphatic carbocycles. The van der Waals surface area contributed by atoms with Crippen molar-refractivity contribution in [2.45, 2.75) is 0 Å². The molecule has 0 aromatic heterocycles. The molecule has 0 aromatic rings. The van der Waals surface area contributed by atoms with Crippen molar-refractivity contribution in [1.82, 2.24) is 0 Å². The number of rotatable bonds is 0. The van der Waals surface area contributed by atoms with Crippen molar-refractivity contribution >= 4 is 14.5 Å². The summed E-state index contributed by atoms with van der Waals surface area (Å²) in [4.78, 5) is 0. The van der Waals surface area contributed by atoms with Gasteiger partial charge in [-0.25, -0.2) is 0 Å². The van der Waals surface area contributed by atoms with Gasteiger partial charge in [-0.05, 0) is 0 Å². The Balaban J connectivity index is -0.0000000383. The van der Waals surface area contributed by atoms with Gasteiger partial charge < -0.3 is 0 Å². The average molecular weight is 309 g/mol. The summed E-state index contributed by atoms with van der Waals surface area (Å²) in [5.41, 5.74) is 0. The summed E-state index contributed by atoms with van der Waals surface area (Å²) in [6.45, 7) is 0. The number of hydrogen-bond acceptors (Lipinski definition) is 6. The zero-order valence-corrected chi connectivity index (χ0v) is 13.7. The van der Waals surface area contributed by atoms with Gasteiger partial charge in [-0.15, -0.1) is 0 Å². The predicted octanol–water partition coefficient (Wildman–Crippen LogP) is -9.79. The standard InChI is InChI=1S/K.Mn.Na.H2O3Se.4O/c;;;1-4(2)3;;;;/h;;;(H2,1,2,3);;;;/q+1;;+1;;;;;-1/p-1. The van der Waals surface area contributed by atoms with Crippen molar-refractivity contribution < 1.29 is 122 Å². The molecule has 0 saturated heterocycles. The molecule has 0 spiro atoms. The molecule has 7 nitrogen and oxygen atoms in total. The van der Waals surface area contributed by atoms with Crippen molar-refractivity contribution in [3.63, 3.8) is 0 Å². The van der Waals surface area contributed by atoms with Gasteiger partial charge in [0.05, 0.1) is 0 Å². The molecule has 0 radical (unpaired) electrons. The van der Waals surface area contributed by atoms with E-state index in [1.807, 2.05) is 0 Å². The van der Waals surface area contributed by atoms with Crippen LogP contribution >= 0.6 is 0 Å². The van der Waals surface area contributed by atoms with Crippen LogP contribution in [-0.4, -0.2) is 18.7 Å². The maximum atomic E-state index is 8.65. The Hall–Kier alpha value is 2.76. The fraction of sp³-hybridized carbons (Fsp3) is 0. The van der Waals surface area contributed by atoms with Gasteiger partial charge in [0.2, 0.25) is 0 Å². The van der Waals surface area contributed by atoms with Gasteiger partial charge in [-0.3, -0.25) is 0 Å². The van der Waals surface area contributed by atoms with E-state index in [9.17, 15) is 0 Å². The van der Waals surface area contributed by atoms with Crippen molar-refractivity contribution in [2.75, 3.05) is 0 Å². The summed E-state index contributed by atoms with van der Waals surface area (Å²) in [6.07, 6.45) is 0. The third-order valence-corrected chi connectivity index (χ3v) is 0. The molecule has 11 heavy (non-hydrogen) atoms. The van der Waals surface area contributed by atoms with Gasteiger partial charge in [0, 0.05) is 0 Å². The first-order chi connectivity index (χ1) is 3.73. The Morgan fingerprint density at radius 3 is 1.27 bits per heavy atom. The molecule has 0 saturated carbocycles. The van der Waals surface area contributed by atoms with Gasteiger partial charge in [-0.1, -0.05) is 0 Å². The minimum atomic E-state index is -5.62. The molecule has 0 aromatic carbocycles. The second kappa shape index (κ2) is 12.8. The van der Waals surface area contributed by atoms with Crippen LogP contribution in [0.1, 0.15) is 0 Å². The number of hydrogen-bond donors (Lipinski definition) is 1. The summed E-state index contributed by atoms with van der Waals surface area (Å²) in [6, 6.07) is 0. The van der Waals surface area contributed by atoms with E-state index in [0.717, 1.165) is 0 Å². The molecule has 0 amide bonds. The van der Waals surface area contributed by atoms with Crippen LogP contribution in [0.15, 0.2) is 0 Å². The van der Waals surface area contributed by atoms with E-state index >= 15 is 0 Å². The first kappa shape index (κ1) is 23.5. The molecular weight excluding hydrogens is 308 g/mol. The van der Waals surface area contributed by atoms with Crippen LogP contribution in [0.5, 0.6) is 0 Å². The summed E-state index contributed by atoms with van der Waals surface area (Å²) < 4.78 is 58.7. The summed E-state index contributed by atoms with van der Waals surface area (Å²) >= 11 is -9.17. The van der Waals surface area contributed by atoms with Crippen LogP contribution in [-0.2, 0) is 28.3 Å². The van der Waals surface area contributed by atoms with Crippen LogP contribution < -0.4 is 89.3 Å². The third kappa shape index (κ3) is 194. The Labute approximate surface area is 133 Å². The van der Waals surface area contributed by atoms with Gasteiger partial charge in [0.1, 0.15) is 0 Å². The Morgan fingerprint density at radius 1 is 1.27 bits per heavy atom. The molecule has 0 fully saturated rings. The van der Waals surface area contributed by atoms with Crippen molar-refractivity contribution in [3.05, 3.63) is 0 Å². The molecule has 0 bridgehead atoms. The van der Waals surface area contributed by atoms with E-state index in [0.29, 0.717) is 0 Å². The van der Waals surface area contributed by atoms with Crippen molar-refractivity contribution in [3.8, 4) is 0 Å². The molecule has 1 unspecified atom stereocenters. The van der Waals surface area contributed by atoms with Crippen LogP contribution in [0.25, 0.3) is 0 Å². The van der Waals surface area contributed by atoms with E-state index in [1.165, 1.54) is 0 Å². The zero-order valence-electron chi connectivity index (χ0n) is 5.68. The molecular formula is HKMnNaO7Se. The second-order valence-corrected chi connectivity index (χ2v) is 2.69. The minimum absolute atomic E-state index is 0. The third-order valence-electron chi connectivity index (χ3n) is 0. The molecule has 1 N–H and O–H groups in total. The summed E-state index contributed by atoms with van der Waals surface area (Å²) in [5.74, 6) is 0. The molecule has 0 aliphatic heterocycles. The van der Waals surface area contributed by atoms with E-state index in [4.69, 9.17) is 27.9 Å².